The van der Waals surface area contributed by atoms with Gasteiger partial charge < -0.3 is 4.42 Å². The van der Waals surface area contributed by atoms with E-state index < -0.39 is 21.5 Å². The molecular weight excluding hydrogens is 332 g/mol. The van der Waals surface area contributed by atoms with Crippen LogP contribution < -0.4 is 5.32 Å². The maximum atomic E-state index is 12.1. The molecule has 0 saturated carbocycles. The molecule has 0 aliphatic carbocycles. The Morgan fingerprint density at radius 1 is 1.04 bits per heavy atom. The number of aromatic nitrogens is 3. The fourth-order valence-corrected chi connectivity index (χ4v) is 3.08. The van der Waals surface area contributed by atoms with Crippen LogP contribution >= 0.6 is 0 Å². The molecule has 0 aliphatic rings. The largest absolute Gasteiger partial charge is 0.403 e. The van der Waals surface area contributed by atoms with Gasteiger partial charge in [0.25, 0.3) is 0 Å². The van der Waals surface area contributed by atoms with E-state index in [-0.39, 0.29) is 16.8 Å². The number of benzene rings is 1. The van der Waals surface area contributed by atoms with Gasteiger partial charge in [-0.15, -0.1) is 5.10 Å². The number of nitrogens with zero attached hydrogens (tertiary/aromatic N) is 3. The highest BCUT2D eigenvalue weighted by Crippen LogP contribution is 2.18. The lowest BCUT2D eigenvalue weighted by Crippen LogP contribution is -2.23. The summed E-state index contributed by atoms with van der Waals surface area (Å²) in [7, 11) is -3.74. The van der Waals surface area contributed by atoms with Crippen LogP contribution in [0.1, 0.15) is 0 Å². The number of rotatable bonds is 5. The molecule has 1 amide bonds. The van der Waals surface area contributed by atoms with Crippen molar-refractivity contribution in [1.82, 2.24) is 15.2 Å². The summed E-state index contributed by atoms with van der Waals surface area (Å²) in [4.78, 5) is 15.9. The van der Waals surface area contributed by atoms with Crippen LogP contribution in [-0.4, -0.2) is 35.3 Å². The fraction of sp³-hybridized carbons (Fsp3) is 0.0667. The van der Waals surface area contributed by atoms with Crippen molar-refractivity contribution in [3.05, 3.63) is 54.9 Å². The van der Waals surface area contributed by atoms with Crippen molar-refractivity contribution in [2.75, 3.05) is 11.1 Å². The van der Waals surface area contributed by atoms with Gasteiger partial charge in [-0.05, 0) is 24.3 Å². The van der Waals surface area contributed by atoms with E-state index in [2.05, 4.69) is 20.5 Å². The average Bonchev–Trinajstić information content (AvgIpc) is 3.04. The summed E-state index contributed by atoms with van der Waals surface area (Å²) >= 11 is 0. The number of anilines is 1. The summed E-state index contributed by atoms with van der Waals surface area (Å²) in [5.74, 6) is -1.29. The number of nitrogens with one attached hydrogen (secondary N) is 1. The molecule has 0 radical (unpaired) electrons. The second-order valence-electron chi connectivity index (χ2n) is 4.77. The summed E-state index contributed by atoms with van der Waals surface area (Å²) < 4.78 is 29.5. The average molecular weight is 344 g/mol. The smallest absolute Gasteiger partial charge is 0.322 e. The summed E-state index contributed by atoms with van der Waals surface area (Å²) in [6, 6.07) is 10.9. The fourth-order valence-electron chi connectivity index (χ4n) is 1.92. The van der Waals surface area contributed by atoms with E-state index in [0.717, 1.165) is 0 Å². The van der Waals surface area contributed by atoms with Gasteiger partial charge in [0, 0.05) is 18.0 Å². The second kappa shape index (κ2) is 6.59. The summed E-state index contributed by atoms with van der Waals surface area (Å²) in [5.41, 5.74) is 0.634. The van der Waals surface area contributed by atoms with Gasteiger partial charge in [-0.2, -0.15) is 0 Å². The normalized spacial score (nSPS) is 11.2. The van der Waals surface area contributed by atoms with E-state index in [1.165, 1.54) is 12.1 Å². The zero-order valence-corrected chi connectivity index (χ0v) is 13.1. The standard InChI is InChI=1S/C15H12N4O4S/c20-13(10-24(21,22)12-4-2-1-3-5-12)17-15-19-18-14(23-15)11-6-8-16-9-7-11/h1-9H,10H2,(H,17,19,20). The van der Waals surface area contributed by atoms with E-state index in [1.807, 2.05) is 0 Å². The third-order valence-corrected chi connectivity index (χ3v) is 4.65. The number of carbonyl (C=O) groups excluding carboxylic acids is 1. The topological polar surface area (TPSA) is 115 Å². The number of sulfone groups is 1. The minimum Gasteiger partial charge on any atom is -0.403 e. The molecule has 2 heterocycles. The van der Waals surface area contributed by atoms with Gasteiger partial charge in [-0.25, -0.2) is 8.42 Å². The molecule has 0 fully saturated rings. The molecule has 0 bridgehead atoms. The second-order valence-corrected chi connectivity index (χ2v) is 6.76. The van der Waals surface area contributed by atoms with Gasteiger partial charge in [0.1, 0.15) is 5.75 Å². The Morgan fingerprint density at radius 3 is 2.46 bits per heavy atom. The van der Waals surface area contributed by atoms with Crippen LogP contribution in [0.5, 0.6) is 0 Å². The van der Waals surface area contributed by atoms with Crippen LogP contribution in [-0.2, 0) is 14.6 Å². The Morgan fingerprint density at radius 2 is 1.75 bits per heavy atom. The molecule has 122 valence electrons. The first-order valence-corrected chi connectivity index (χ1v) is 8.51. The maximum Gasteiger partial charge on any atom is 0.322 e. The van der Waals surface area contributed by atoms with E-state index in [0.29, 0.717) is 5.56 Å². The Kier molecular flexibility index (Phi) is 4.34. The summed E-state index contributed by atoms with van der Waals surface area (Å²) in [6.45, 7) is 0. The SMILES string of the molecule is O=C(CS(=O)(=O)c1ccccc1)Nc1nnc(-c2ccncc2)o1. The Labute approximate surface area is 137 Å². The number of hydrogen-bond acceptors (Lipinski definition) is 7. The summed E-state index contributed by atoms with van der Waals surface area (Å²) in [6.07, 6.45) is 3.12. The number of hydrogen-bond donors (Lipinski definition) is 1. The minimum absolute atomic E-state index is 0.0724. The Hall–Kier alpha value is -3.07. The minimum atomic E-state index is -3.74. The number of amides is 1. The van der Waals surface area contributed by atoms with Crippen LogP contribution in [0.25, 0.3) is 11.5 Å². The molecule has 3 aromatic rings. The monoisotopic (exact) mass is 344 g/mol. The highest BCUT2D eigenvalue weighted by molar-refractivity contribution is 7.92. The zero-order chi connectivity index (χ0) is 17.0. The quantitative estimate of drug-likeness (QED) is 0.746. The lowest BCUT2D eigenvalue weighted by Gasteiger charge is -2.03. The van der Waals surface area contributed by atoms with Gasteiger partial charge in [0.2, 0.25) is 11.8 Å². The van der Waals surface area contributed by atoms with Crippen LogP contribution in [0.15, 0.2) is 64.2 Å². The van der Waals surface area contributed by atoms with E-state index in [4.69, 9.17) is 4.42 Å². The van der Waals surface area contributed by atoms with Gasteiger partial charge in [-0.3, -0.25) is 15.1 Å². The van der Waals surface area contributed by atoms with Gasteiger partial charge in [0.15, 0.2) is 9.84 Å². The van der Waals surface area contributed by atoms with Crippen LogP contribution in [0.2, 0.25) is 0 Å². The predicted octanol–water partition coefficient (Wildman–Crippen LogP) is 1.54. The third-order valence-electron chi connectivity index (χ3n) is 3.02. The van der Waals surface area contributed by atoms with Crippen LogP contribution in [0.3, 0.4) is 0 Å². The van der Waals surface area contributed by atoms with E-state index in [1.54, 1.807) is 42.7 Å². The third kappa shape index (κ3) is 3.63. The Bertz CT molecular complexity index is 940. The molecule has 0 saturated heterocycles. The lowest BCUT2D eigenvalue weighted by atomic mass is 10.3. The molecule has 9 heteroatoms. The van der Waals surface area contributed by atoms with E-state index >= 15 is 0 Å². The van der Waals surface area contributed by atoms with Gasteiger partial charge in [0.05, 0.1) is 4.90 Å². The lowest BCUT2D eigenvalue weighted by molar-refractivity contribution is -0.114. The van der Waals surface area contributed by atoms with Crippen LogP contribution in [0, 0.1) is 0 Å². The van der Waals surface area contributed by atoms with Crippen molar-refractivity contribution in [2.45, 2.75) is 4.90 Å². The van der Waals surface area contributed by atoms with E-state index in [9.17, 15) is 13.2 Å². The molecular formula is C15H12N4O4S. The molecule has 8 nitrogen and oxygen atoms in total. The van der Waals surface area contributed by atoms with Gasteiger partial charge in [-0.1, -0.05) is 23.3 Å². The molecule has 3 rings (SSSR count). The highest BCUT2D eigenvalue weighted by atomic mass is 32.2. The molecule has 24 heavy (non-hydrogen) atoms. The van der Waals surface area contributed by atoms with Crippen molar-refractivity contribution < 1.29 is 17.6 Å². The van der Waals surface area contributed by atoms with Crippen molar-refractivity contribution >= 4 is 21.8 Å². The predicted molar refractivity (Wildman–Crippen MR) is 84.7 cm³/mol. The zero-order valence-electron chi connectivity index (χ0n) is 12.3. The van der Waals surface area contributed by atoms with Gasteiger partial charge >= 0.3 is 6.01 Å². The van der Waals surface area contributed by atoms with Crippen molar-refractivity contribution in [1.29, 1.82) is 0 Å². The molecule has 1 N–H and O–H groups in total. The first-order valence-electron chi connectivity index (χ1n) is 6.86. The molecule has 0 atom stereocenters. The molecule has 1 aromatic carbocycles. The Balaban J connectivity index is 1.69. The van der Waals surface area contributed by atoms with Crippen molar-refractivity contribution in [3.8, 4) is 11.5 Å². The molecule has 0 aliphatic heterocycles. The first kappa shape index (κ1) is 15.8. The van der Waals surface area contributed by atoms with Crippen molar-refractivity contribution in [2.24, 2.45) is 0 Å². The highest BCUT2D eigenvalue weighted by Gasteiger charge is 2.20. The van der Waals surface area contributed by atoms with Crippen molar-refractivity contribution in [3.63, 3.8) is 0 Å². The van der Waals surface area contributed by atoms with Crippen LogP contribution in [0.4, 0.5) is 6.01 Å². The maximum absolute atomic E-state index is 12.1. The molecule has 0 spiro atoms. The number of carbonyl (C=O) groups is 1. The molecule has 0 unspecified atom stereocenters. The first-order chi connectivity index (χ1) is 11.5. The molecule has 2 aromatic heterocycles. The summed E-state index contributed by atoms with van der Waals surface area (Å²) in [5, 5.41) is 9.74. The number of pyridine rings is 1.